The van der Waals surface area contributed by atoms with Crippen LogP contribution in [0.4, 0.5) is 0 Å². The fourth-order valence-electron chi connectivity index (χ4n) is 2.89. The van der Waals surface area contributed by atoms with Crippen molar-refractivity contribution in [3.05, 3.63) is 34.7 Å². The zero-order valence-corrected chi connectivity index (χ0v) is 17.7. The first-order valence-electron chi connectivity index (χ1n) is 9.09. The number of benzene rings is 1. The molecule has 0 atom stereocenters. The van der Waals surface area contributed by atoms with Crippen LogP contribution in [0.5, 0.6) is 0 Å². The van der Waals surface area contributed by atoms with Gasteiger partial charge in [0, 0.05) is 0 Å². The predicted octanol–water partition coefficient (Wildman–Crippen LogP) is 5.20. The van der Waals surface area contributed by atoms with E-state index in [-0.39, 0.29) is 0 Å². The summed E-state index contributed by atoms with van der Waals surface area (Å²) in [4.78, 5) is 0. The first-order chi connectivity index (χ1) is 10.7. The third kappa shape index (κ3) is 6.76. The molecule has 0 saturated carbocycles. The van der Waals surface area contributed by atoms with Crippen molar-refractivity contribution in [1.29, 1.82) is 0 Å². The number of rotatable bonds is 11. The quantitative estimate of drug-likeness (QED) is 0.457. The van der Waals surface area contributed by atoms with Gasteiger partial charge in [0.2, 0.25) is 0 Å². The van der Waals surface area contributed by atoms with Gasteiger partial charge >= 0.3 is 142 Å². The van der Waals surface area contributed by atoms with E-state index < -0.39 is 18.8 Å². The first-order valence-corrected chi connectivity index (χ1v) is 16.3. The van der Waals surface area contributed by atoms with Crippen LogP contribution in [0.3, 0.4) is 0 Å². The van der Waals surface area contributed by atoms with Gasteiger partial charge in [-0.15, -0.1) is 0 Å². The number of hydrogen-bond acceptors (Lipinski definition) is 1. The van der Waals surface area contributed by atoms with Gasteiger partial charge in [0.15, 0.2) is 0 Å². The minimum atomic E-state index is -2.50. The van der Waals surface area contributed by atoms with Gasteiger partial charge in [0.05, 0.1) is 0 Å². The van der Waals surface area contributed by atoms with Crippen molar-refractivity contribution in [2.24, 2.45) is 0 Å². The first kappa shape index (κ1) is 19.6. The second kappa shape index (κ2) is 11.1. The Bertz CT molecular complexity index is 487. The molecular formula is C20H34OSn. The topological polar surface area (TPSA) is 9.23 Å². The second-order valence-electron chi connectivity index (χ2n) is 6.43. The molecule has 22 heavy (non-hydrogen) atoms. The van der Waals surface area contributed by atoms with Gasteiger partial charge < -0.3 is 0 Å². The van der Waals surface area contributed by atoms with Crippen molar-refractivity contribution in [2.75, 3.05) is 0 Å². The van der Waals surface area contributed by atoms with Crippen molar-refractivity contribution < 1.29 is 3.07 Å². The van der Waals surface area contributed by atoms with Crippen molar-refractivity contribution in [3.8, 4) is 0 Å². The second-order valence-corrected chi connectivity index (χ2v) is 18.1. The third-order valence-corrected chi connectivity index (χ3v) is 17.0. The summed E-state index contributed by atoms with van der Waals surface area (Å²) < 4.78 is 10.8. The van der Waals surface area contributed by atoms with Gasteiger partial charge in [-0.3, -0.25) is 0 Å². The van der Waals surface area contributed by atoms with Crippen LogP contribution in [0.15, 0.2) is 24.3 Å². The molecule has 0 aliphatic carbocycles. The average molecular weight is 409 g/mol. The fraction of sp³-hybridized carbons (Fsp3) is 0.600. The van der Waals surface area contributed by atoms with Gasteiger partial charge in [0.25, 0.3) is 0 Å². The van der Waals surface area contributed by atoms with Crippen LogP contribution in [-0.4, -0.2) is 18.8 Å². The van der Waals surface area contributed by atoms with E-state index in [2.05, 4.69) is 51.8 Å². The average Bonchev–Trinajstić information content (AvgIpc) is 2.55. The van der Waals surface area contributed by atoms with Gasteiger partial charge in [-0.2, -0.15) is 0 Å². The molecule has 0 spiro atoms. The monoisotopic (exact) mass is 410 g/mol. The van der Waals surface area contributed by atoms with E-state index in [1.807, 2.05) is 6.07 Å². The summed E-state index contributed by atoms with van der Waals surface area (Å²) in [7, 11) is 0. The van der Waals surface area contributed by atoms with Crippen LogP contribution in [0, 0.1) is 0 Å². The molecule has 124 valence electrons. The Hall–Kier alpha value is -0.441. The summed E-state index contributed by atoms with van der Waals surface area (Å²) in [5.74, 6) is 0. The van der Waals surface area contributed by atoms with Crippen molar-refractivity contribution in [2.45, 2.75) is 72.6 Å². The zero-order chi connectivity index (χ0) is 16.3. The third-order valence-electron chi connectivity index (χ3n) is 4.45. The van der Waals surface area contributed by atoms with Gasteiger partial charge in [-0.25, -0.2) is 0 Å². The van der Waals surface area contributed by atoms with E-state index in [0.29, 0.717) is 0 Å². The summed E-state index contributed by atoms with van der Waals surface area (Å²) >= 11 is -2.50. The molecule has 0 N–H and O–H groups in total. The Morgan fingerprint density at radius 2 is 1.41 bits per heavy atom. The number of unbranched alkanes of at least 4 members (excludes halogenated alkanes) is 3. The zero-order valence-electron chi connectivity index (χ0n) is 14.9. The molecule has 2 heteroatoms. The van der Waals surface area contributed by atoms with Crippen LogP contribution in [0.2, 0.25) is 13.3 Å². The summed E-state index contributed by atoms with van der Waals surface area (Å²) in [6, 6.07) is 8.31. The molecule has 0 fully saturated rings. The van der Waals surface area contributed by atoms with Crippen LogP contribution in [-0.2, 0) is 3.07 Å². The van der Waals surface area contributed by atoms with Crippen molar-refractivity contribution in [1.82, 2.24) is 0 Å². The predicted molar refractivity (Wildman–Crippen MR) is 102 cm³/mol. The molecule has 0 aliphatic heterocycles. The van der Waals surface area contributed by atoms with Crippen molar-refractivity contribution in [3.63, 3.8) is 0 Å². The fourth-order valence-corrected chi connectivity index (χ4v) is 15.7. The Balaban J connectivity index is 2.97. The Morgan fingerprint density at radius 3 is 1.86 bits per heavy atom. The Morgan fingerprint density at radius 1 is 0.909 bits per heavy atom. The van der Waals surface area contributed by atoms with E-state index >= 15 is 0 Å². The maximum atomic E-state index is 6.65. The molecule has 0 heterocycles. The normalized spacial score (nSPS) is 12.6. The SMILES string of the molecule is C=c1cccc/c1=C\[O][Sn]([CH2]CCC)([CH2]CCC)[CH2]CCC. The molecule has 1 aromatic carbocycles. The Kier molecular flexibility index (Phi) is 9.94. The van der Waals surface area contributed by atoms with Gasteiger partial charge in [-0.1, -0.05) is 0 Å². The van der Waals surface area contributed by atoms with E-state index in [4.69, 9.17) is 3.07 Å². The van der Waals surface area contributed by atoms with Crippen LogP contribution in [0.25, 0.3) is 12.8 Å². The summed E-state index contributed by atoms with van der Waals surface area (Å²) in [5.41, 5.74) is 0. The van der Waals surface area contributed by atoms with Gasteiger partial charge in [0.1, 0.15) is 0 Å². The standard InChI is InChI=1S/C8H8O.3C4H9.Sn/c1-7-4-2-3-5-8(7)6-9;3*1-3-4-2;/h2-6,9H,1H2;3*1,3-4H2,2H3;/q;;;;+1/p-1/b8-6+;;;;. The molecule has 0 unspecified atom stereocenters. The molecule has 0 saturated heterocycles. The molecule has 1 nitrogen and oxygen atoms in total. The molecule has 0 amide bonds. The van der Waals surface area contributed by atoms with E-state index in [1.165, 1.54) is 51.8 Å². The van der Waals surface area contributed by atoms with E-state index in [0.717, 1.165) is 10.4 Å². The van der Waals surface area contributed by atoms with Crippen LogP contribution in [0.1, 0.15) is 59.3 Å². The molecule has 0 radical (unpaired) electrons. The summed E-state index contributed by atoms with van der Waals surface area (Å²) in [6.07, 6.45) is 9.92. The Labute approximate surface area is 141 Å². The van der Waals surface area contributed by atoms with E-state index in [9.17, 15) is 0 Å². The molecule has 1 rings (SSSR count). The summed E-state index contributed by atoms with van der Waals surface area (Å²) in [6.45, 7) is 11.0. The molecule has 0 aromatic heterocycles. The minimum absolute atomic E-state index is 1.07. The molecule has 1 aromatic rings. The van der Waals surface area contributed by atoms with E-state index in [1.54, 1.807) is 0 Å². The van der Waals surface area contributed by atoms with Crippen LogP contribution >= 0.6 is 0 Å². The maximum absolute atomic E-state index is 6.65. The molecule has 0 aliphatic rings. The number of hydrogen-bond donors (Lipinski definition) is 0. The van der Waals surface area contributed by atoms with Gasteiger partial charge in [-0.05, 0) is 0 Å². The summed E-state index contributed by atoms with van der Waals surface area (Å²) in [5, 5.41) is 2.23. The molecular weight excluding hydrogens is 375 g/mol. The van der Waals surface area contributed by atoms with Crippen LogP contribution < -0.4 is 10.4 Å². The van der Waals surface area contributed by atoms with Crippen molar-refractivity contribution >= 4 is 31.6 Å². The molecule has 0 bridgehead atoms.